The van der Waals surface area contributed by atoms with E-state index >= 15 is 0 Å². The molecule has 2 fully saturated rings. The van der Waals surface area contributed by atoms with Gasteiger partial charge in [-0.05, 0) is 19.1 Å². The first kappa shape index (κ1) is 15.4. The maximum atomic E-state index is 12.2. The van der Waals surface area contributed by atoms with Gasteiger partial charge in [-0.3, -0.25) is 4.79 Å². The van der Waals surface area contributed by atoms with Gasteiger partial charge in [-0.1, -0.05) is 24.6 Å². The fourth-order valence-electron chi connectivity index (χ4n) is 3.39. The van der Waals surface area contributed by atoms with Crippen LogP contribution in [0.25, 0.3) is 0 Å². The molecule has 1 aliphatic carbocycles. The van der Waals surface area contributed by atoms with Crippen LogP contribution in [-0.4, -0.2) is 46.2 Å². The Hall–Kier alpha value is -1.50. The van der Waals surface area contributed by atoms with Gasteiger partial charge in [-0.15, -0.1) is 0 Å². The summed E-state index contributed by atoms with van der Waals surface area (Å²) in [6.07, 6.45) is 7.42. The Kier molecular flexibility index (Phi) is 4.71. The van der Waals surface area contributed by atoms with Gasteiger partial charge in [0.05, 0.1) is 0 Å². The van der Waals surface area contributed by atoms with Crippen molar-refractivity contribution in [2.75, 3.05) is 30.4 Å². The minimum atomic E-state index is 0.311. The lowest BCUT2D eigenvalue weighted by Crippen LogP contribution is -2.34. The highest BCUT2D eigenvalue weighted by atomic mass is 32.2. The minimum absolute atomic E-state index is 0.311. The van der Waals surface area contributed by atoms with Gasteiger partial charge in [0.25, 0.3) is 0 Å². The Morgan fingerprint density at radius 3 is 2.91 bits per heavy atom. The highest BCUT2D eigenvalue weighted by Crippen LogP contribution is 2.29. The zero-order valence-electron chi connectivity index (χ0n) is 12.9. The fraction of sp³-hybridized carbons (Fsp3) is 0.667. The molecule has 0 spiro atoms. The van der Waals surface area contributed by atoms with Crippen LogP contribution in [0.15, 0.2) is 11.2 Å². The van der Waals surface area contributed by atoms with Crippen LogP contribution < -0.4 is 11.1 Å². The van der Waals surface area contributed by atoms with E-state index in [1.807, 2.05) is 6.26 Å². The average molecular weight is 321 g/mol. The topological polar surface area (TPSA) is 84.1 Å². The van der Waals surface area contributed by atoms with Gasteiger partial charge in [0.2, 0.25) is 5.91 Å². The Morgan fingerprint density at radius 2 is 2.18 bits per heavy atom. The molecular weight excluding hydrogens is 298 g/mol. The molecule has 1 atom stereocenters. The Balaban J connectivity index is 1.56. The third kappa shape index (κ3) is 3.45. The number of carbonyl (C=O) groups is 1. The second-order valence-corrected chi connectivity index (χ2v) is 6.87. The summed E-state index contributed by atoms with van der Waals surface area (Å²) < 4.78 is 0. The largest absolute Gasteiger partial charge is 0.383 e. The Bertz CT molecular complexity index is 547. The molecule has 6 nitrogen and oxygen atoms in total. The SMILES string of the molecule is CSc1nc(N)cc(NCC2CC(=O)N(C3CCCC3)C2)n1. The average Bonchev–Trinajstić information content (AvgIpc) is 3.13. The van der Waals surface area contributed by atoms with Crippen LogP contribution in [0, 0.1) is 5.92 Å². The molecular formula is C15H23N5OS. The number of aromatic nitrogens is 2. The lowest BCUT2D eigenvalue weighted by atomic mass is 10.1. The van der Waals surface area contributed by atoms with Crippen LogP contribution in [0.3, 0.4) is 0 Å². The predicted molar refractivity (Wildman–Crippen MR) is 88.8 cm³/mol. The van der Waals surface area contributed by atoms with E-state index in [1.165, 1.54) is 37.4 Å². The number of thioether (sulfide) groups is 1. The summed E-state index contributed by atoms with van der Waals surface area (Å²) >= 11 is 1.47. The van der Waals surface area contributed by atoms with E-state index in [9.17, 15) is 4.79 Å². The van der Waals surface area contributed by atoms with Gasteiger partial charge in [-0.2, -0.15) is 0 Å². The molecule has 1 saturated carbocycles. The van der Waals surface area contributed by atoms with E-state index in [0.717, 1.165) is 18.9 Å². The lowest BCUT2D eigenvalue weighted by Gasteiger charge is -2.24. The molecule has 1 amide bonds. The number of anilines is 2. The molecule has 1 aromatic heterocycles. The Labute approximate surface area is 135 Å². The zero-order valence-corrected chi connectivity index (χ0v) is 13.7. The lowest BCUT2D eigenvalue weighted by molar-refractivity contribution is -0.129. The maximum absolute atomic E-state index is 12.2. The number of nitrogens with zero attached hydrogens (tertiary/aromatic N) is 3. The van der Waals surface area contributed by atoms with Gasteiger partial charge >= 0.3 is 0 Å². The van der Waals surface area contributed by atoms with Crippen molar-refractivity contribution in [3.8, 4) is 0 Å². The zero-order chi connectivity index (χ0) is 15.5. The van der Waals surface area contributed by atoms with Crippen molar-refractivity contribution >= 4 is 29.3 Å². The van der Waals surface area contributed by atoms with E-state index in [2.05, 4.69) is 20.2 Å². The second kappa shape index (κ2) is 6.73. The van der Waals surface area contributed by atoms with E-state index in [1.54, 1.807) is 6.07 Å². The quantitative estimate of drug-likeness (QED) is 0.637. The fourth-order valence-corrected chi connectivity index (χ4v) is 3.77. The van der Waals surface area contributed by atoms with Crippen molar-refractivity contribution in [3.05, 3.63) is 6.07 Å². The summed E-state index contributed by atoms with van der Waals surface area (Å²) in [7, 11) is 0. The van der Waals surface area contributed by atoms with Crippen LogP contribution in [-0.2, 0) is 4.79 Å². The third-order valence-corrected chi connectivity index (χ3v) is 5.03. The van der Waals surface area contributed by atoms with Crippen LogP contribution in [0.4, 0.5) is 11.6 Å². The summed E-state index contributed by atoms with van der Waals surface area (Å²) in [4.78, 5) is 22.8. The molecule has 1 aromatic rings. The highest BCUT2D eigenvalue weighted by Gasteiger charge is 2.35. The number of likely N-dealkylation sites (tertiary alicyclic amines) is 1. The summed E-state index contributed by atoms with van der Waals surface area (Å²) in [6.45, 7) is 1.62. The first-order valence-corrected chi connectivity index (χ1v) is 9.10. The molecule has 22 heavy (non-hydrogen) atoms. The third-order valence-electron chi connectivity index (χ3n) is 4.48. The van der Waals surface area contributed by atoms with Gasteiger partial charge in [0.1, 0.15) is 11.6 Å². The van der Waals surface area contributed by atoms with E-state index in [-0.39, 0.29) is 0 Å². The first-order chi connectivity index (χ1) is 10.7. The number of hydrogen-bond acceptors (Lipinski definition) is 6. The summed E-state index contributed by atoms with van der Waals surface area (Å²) in [6, 6.07) is 2.22. The molecule has 120 valence electrons. The van der Waals surface area contributed by atoms with Gasteiger partial charge < -0.3 is 16.0 Å². The highest BCUT2D eigenvalue weighted by molar-refractivity contribution is 7.98. The number of nitrogens with one attached hydrogen (secondary N) is 1. The number of amides is 1. The molecule has 0 radical (unpaired) electrons. The second-order valence-electron chi connectivity index (χ2n) is 6.10. The molecule has 1 saturated heterocycles. The molecule has 0 bridgehead atoms. The van der Waals surface area contributed by atoms with Crippen molar-refractivity contribution in [3.63, 3.8) is 0 Å². The normalized spacial score (nSPS) is 22.5. The smallest absolute Gasteiger partial charge is 0.223 e. The van der Waals surface area contributed by atoms with Crippen LogP contribution in [0.5, 0.6) is 0 Å². The van der Waals surface area contributed by atoms with Gasteiger partial charge in [0.15, 0.2) is 5.16 Å². The van der Waals surface area contributed by atoms with E-state index in [0.29, 0.717) is 35.3 Å². The van der Waals surface area contributed by atoms with Gasteiger partial charge in [0, 0.05) is 37.5 Å². The molecule has 3 rings (SSSR count). The van der Waals surface area contributed by atoms with Crippen molar-refractivity contribution in [2.45, 2.75) is 43.3 Å². The van der Waals surface area contributed by atoms with Crippen molar-refractivity contribution in [1.29, 1.82) is 0 Å². The molecule has 1 unspecified atom stereocenters. The monoisotopic (exact) mass is 321 g/mol. The maximum Gasteiger partial charge on any atom is 0.223 e. The number of carbonyl (C=O) groups excluding carboxylic acids is 1. The van der Waals surface area contributed by atoms with Crippen LogP contribution >= 0.6 is 11.8 Å². The van der Waals surface area contributed by atoms with Crippen LogP contribution in [0.1, 0.15) is 32.1 Å². The molecule has 2 aliphatic rings. The number of nitrogens with two attached hydrogens (primary N) is 1. The molecule has 0 aromatic carbocycles. The summed E-state index contributed by atoms with van der Waals surface area (Å²) in [5.74, 6) is 1.87. The number of nitrogen functional groups attached to an aromatic ring is 1. The van der Waals surface area contributed by atoms with Crippen molar-refractivity contribution in [1.82, 2.24) is 14.9 Å². The molecule has 1 aliphatic heterocycles. The number of hydrogen-bond donors (Lipinski definition) is 2. The number of rotatable bonds is 5. The van der Waals surface area contributed by atoms with E-state index < -0.39 is 0 Å². The van der Waals surface area contributed by atoms with Gasteiger partial charge in [-0.25, -0.2) is 9.97 Å². The van der Waals surface area contributed by atoms with Crippen molar-refractivity contribution in [2.24, 2.45) is 5.92 Å². The summed E-state index contributed by atoms with van der Waals surface area (Å²) in [5, 5.41) is 3.97. The molecule has 3 N–H and O–H groups in total. The van der Waals surface area contributed by atoms with Crippen molar-refractivity contribution < 1.29 is 4.79 Å². The predicted octanol–water partition coefficient (Wildman–Crippen LogP) is 1.98. The Morgan fingerprint density at radius 1 is 1.41 bits per heavy atom. The van der Waals surface area contributed by atoms with E-state index in [4.69, 9.17) is 5.73 Å². The minimum Gasteiger partial charge on any atom is -0.383 e. The van der Waals surface area contributed by atoms with Crippen LogP contribution in [0.2, 0.25) is 0 Å². The molecule has 2 heterocycles. The standard InChI is InChI=1S/C15H23N5OS/c1-22-15-18-12(16)7-13(19-15)17-8-10-6-14(21)20(9-10)11-4-2-3-5-11/h7,10-11H,2-6,8-9H2,1H3,(H3,16,17,18,19). The summed E-state index contributed by atoms with van der Waals surface area (Å²) in [5.41, 5.74) is 5.78. The molecule has 7 heteroatoms. The first-order valence-electron chi connectivity index (χ1n) is 7.87.